The number of carbonyl (C=O) groups excluding carboxylic acids is 1. The molecule has 0 saturated heterocycles. The van der Waals surface area contributed by atoms with Crippen molar-refractivity contribution in [3.05, 3.63) is 114 Å². The molecule has 10 rings (SSSR count). The number of hydrogen-bond acceptors (Lipinski definition) is 1. The van der Waals surface area contributed by atoms with E-state index >= 15 is 0 Å². The van der Waals surface area contributed by atoms with E-state index in [4.69, 9.17) is 0 Å². The summed E-state index contributed by atoms with van der Waals surface area (Å²) >= 11 is 0. The van der Waals surface area contributed by atoms with Gasteiger partial charge in [-0.15, -0.1) is 0 Å². The first kappa shape index (κ1) is 20.0. The zero-order chi connectivity index (χ0) is 25.4. The van der Waals surface area contributed by atoms with Gasteiger partial charge in [0.25, 0.3) is 0 Å². The Morgan fingerprint density at radius 1 is 0.436 bits per heavy atom. The second-order valence-corrected chi connectivity index (χ2v) is 11.1. The Kier molecular flexibility index (Phi) is 3.44. The summed E-state index contributed by atoms with van der Waals surface area (Å²) in [6, 6.07) is 35.7. The predicted octanol–water partition coefficient (Wildman–Crippen LogP) is 10.4. The van der Waals surface area contributed by atoms with Crippen LogP contribution in [0.4, 0.5) is 0 Å². The summed E-state index contributed by atoms with van der Waals surface area (Å²) in [6.07, 6.45) is 4.67. The number of rotatable bonds is 0. The minimum absolute atomic E-state index is 0.212. The summed E-state index contributed by atoms with van der Waals surface area (Å²) in [7, 11) is 0. The summed E-state index contributed by atoms with van der Waals surface area (Å²) in [5.74, 6) is 0.212. The van der Waals surface area contributed by atoms with Crippen LogP contribution in [-0.4, -0.2) is 5.78 Å². The first-order valence-corrected chi connectivity index (χ1v) is 13.6. The molecule has 0 unspecified atom stereocenters. The number of allylic oxidation sites excluding steroid dienone is 1. The minimum atomic E-state index is 0.212. The lowest BCUT2D eigenvalue weighted by Gasteiger charge is -2.24. The molecule has 0 N–H and O–H groups in total. The fraction of sp³-hybridized carbons (Fsp3) is 0.0263. The lowest BCUT2D eigenvalue weighted by atomic mass is 9.78. The largest absolute Gasteiger partial charge is 0.294 e. The molecule has 1 heteroatoms. The van der Waals surface area contributed by atoms with Crippen LogP contribution in [0.15, 0.2) is 103 Å². The Morgan fingerprint density at radius 3 is 2.00 bits per heavy atom. The van der Waals surface area contributed by atoms with Gasteiger partial charge in [-0.2, -0.15) is 0 Å². The summed E-state index contributed by atoms with van der Waals surface area (Å²) < 4.78 is 0. The van der Waals surface area contributed by atoms with Crippen molar-refractivity contribution >= 4 is 98.0 Å². The Hall–Kier alpha value is -5.01. The molecule has 0 radical (unpaired) electrons. The SMILES string of the molecule is O=C1CC=Cc2c1c1cc3c4c(ccc5ccccc54)cc4ccc5cc6c7ccccc7cc2c6c1c5c43. The summed E-state index contributed by atoms with van der Waals surface area (Å²) in [6.45, 7) is 0. The summed E-state index contributed by atoms with van der Waals surface area (Å²) in [5, 5.41) is 19.9. The molecule has 0 saturated carbocycles. The van der Waals surface area contributed by atoms with Crippen molar-refractivity contribution in [3.8, 4) is 0 Å². The molecule has 0 aromatic heterocycles. The molecule has 1 nitrogen and oxygen atoms in total. The van der Waals surface area contributed by atoms with Crippen molar-refractivity contribution in [2.75, 3.05) is 0 Å². The van der Waals surface area contributed by atoms with Crippen LogP contribution in [0.2, 0.25) is 0 Å². The van der Waals surface area contributed by atoms with Gasteiger partial charge in [0.05, 0.1) is 0 Å². The van der Waals surface area contributed by atoms with Gasteiger partial charge < -0.3 is 0 Å². The fourth-order valence-corrected chi connectivity index (χ4v) is 7.69. The first-order chi connectivity index (χ1) is 19.3. The third-order valence-electron chi connectivity index (χ3n) is 9.22. The molecule has 0 spiro atoms. The molecule has 0 fully saturated rings. The van der Waals surface area contributed by atoms with Crippen molar-refractivity contribution in [1.82, 2.24) is 0 Å². The number of benzene rings is 9. The smallest absolute Gasteiger partial charge is 0.167 e. The van der Waals surface area contributed by atoms with E-state index in [1.807, 2.05) is 6.08 Å². The lowest BCUT2D eigenvalue weighted by Crippen LogP contribution is -2.07. The number of carbonyl (C=O) groups is 1. The van der Waals surface area contributed by atoms with Gasteiger partial charge in [0.2, 0.25) is 0 Å². The maximum atomic E-state index is 13.7. The highest BCUT2D eigenvalue weighted by molar-refractivity contribution is 6.44. The fourth-order valence-electron chi connectivity index (χ4n) is 7.69. The molecule has 0 atom stereocenters. The lowest BCUT2D eigenvalue weighted by molar-refractivity contribution is 0.0996. The third-order valence-corrected chi connectivity index (χ3v) is 9.22. The zero-order valence-corrected chi connectivity index (χ0v) is 21.0. The normalized spacial score (nSPS) is 14.0. The number of fused-ring (bicyclic) bond motifs is 9. The topological polar surface area (TPSA) is 17.1 Å². The molecule has 0 heterocycles. The first-order valence-electron chi connectivity index (χ1n) is 13.6. The van der Waals surface area contributed by atoms with E-state index in [0.29, 0.717) is 6.42 Å². The molecule has 1 aliphatic carbocycles. The van der Waals surface area contributed by atoms with Crippen LogP contribution >= 0.6 is 0 Å². The molecule has 9 aromatic carbocycles. The van der Waals surface area contributed by atoms with Crippen molar-refractivity contribution in [2.45, 2.75) is 6.42 Å². The zero-order valence-electron chi connectivity index (χ0n) is 21.0. The van der Waals surface area contributed by atoms with Crippen LogP contribution in [0.25, 0.3) is 92.3 Å². The Morgan fingerprint density at radius 2 is 1.13 bits per heavy atom. The van der Waals surface area contributed by atoms with Crippen LogP contribution < -0.4 is 0 Å². The third kappa shape index (κ3) is 2.31. The van der Waals surface area contributed by atoms with Gasteiger partial charge >= 0.3 is 0 Å². The highest BCUT2D eigenvalue weighted by Crippen LogP contribution is 2.50. The molecule has 0 bridgehead atoms. The van der Waals surface area contributed by atoms with Crippen molar-refractivity contribution in [3.63, 3.8) is 0 Å². The molecular formula is C38H20O. The van der Waals surface area contributed by atoms with E-state index in [9.17, 15) is 4.79 Å². The second-order valence-electron chi connectivity index (χ2n) is 11.1. The van der Waals surface area contributed by atoms with Crippen molar-refractivity contribution < 1.29 is 4.79 Å². The van der Waals surface area contributed by atoms with Crippen LogP contribution in [0.1, 0.15) is 22.3 Å². The van der Waals surface area contributed by atoms with E-state index in [1.165, 1.54) is 80.8 Å². The molecule has 0 aliphatic heterocycles. The van der Waals surface area contributed by atoms with Crippen LogP contribution in [0, 0.1) is 0 Å². The quantitative estimate of drug-likeness (QED) is 0.152. The highest BCUT2D eigenvalue weighted by Gasteiger charge is 2.26. The van der Waals surface area contributed by atoms with Crippen LogP contribution in [0.5, 0.6) is 0 Å². The van der Waals surface area contributed by atoms with Crippen LogP contribution in [-0.2, 0) is 0 Å². The van der Waals surface area contributed by atoms with Gasteiger partial charge in [0, 0.05) is 12.0 Å². The van der Waals surface area contributed by atoms with E-state index < -0.39 is 0 Å². The minimum Gasteiger partial charge on any atom is -0.294 e. The Bertz CT molecular complexity index is 2580. The molecule has 1 aliphatic rings. The predicted molar refractivity (Wildman–Crippen MR) is 167 cm³/mol. The number of Topliss-reactive ketones (excluding diaryl/α,β-unsaturated/α-hetero) is 1. The van der Waals surface area contributed by atoms with E-state index in [2.05, 4.69) is 103 Å². The van der Waals surface area contributed by atoms with Crippen molar-refractivity contribution in [1.29, 1.82) is 0 Å². The van der Waals surface area contributed by atoms with Crippen molar-refractivity contribution in [2.24, 2.45) is 0 Å². The molecular weight excluding hydrogens is 472 g/mol. The Labute approximate surface area is 223 Å². The van der Waals surface area contributed by atoms with Gasteiger partial charge in [0.15, 0.2) is 5.78 Å². The molecule has 0 amide bonds. The van der Waals surface area contributed by atoms with Gasteiger partial charge in [-0.25, -0.2) is 0 Å². The van der Waals surface area contributed by atoms with Gasteiger partial charge in [-0.05, 0) is 116 Å². The summed E-state index contributed by atoms with van der Waals surface area (Å²) in [5.41, 5.74) is 1.95. The number of hydrogen-bond donors (Lipinski definition) is 0. The average molecular weight is 493 g/mol. The maximum absolute atomic E-state index is 13.7. The molecule has 9 aromatic rings. The van der Waals surface area contributed by atoms with Gasteiger partial charge in [0.1, 0.15) is 0 Å². The van der Waals surface area contributed by atoms with E-state index in [1.54, 1.807) is 0 Å². The van der Waals surface area contributed by atoms with E-state index in [0.717, 1.165) is 16.5 Å². The van der Waals surface area contributed by atoms with Crippen LogP contribution in [0.3, 0.4) is 0 Å². The molecule has 39 heavy (non-hydrogen) atoms. The summed E-state index contributed by atoms with van der Waals surface area (Å²) in [4.78, 5) is 13.7. The van der Waals surface area contributed by atoms with E-state index in [-0.39, 0.29) is 5.78 Å². The Balaban J connectivity index is 1.61. The number of ketones is 1. The maximum Gasteiger partial charge on any atom is 0.167 e. The second kappa shape index (κ2) is 6.70. The molecule has 178 valence electrons. The highest BCUT2D eigenvalue weighted by atomic mass is 16.1. The standard InChI is InChI=1S/C38H20O/c39-32-11-5-10-27-29-17-21-7-2-3-8-25(21)28-18-24-15-14-23-16-22-13-12-20-6-1-4-9-26(20)33(22)30-19-31(36(27)32)38(37(28)29)35(24)34(23)30/h1-10,12-19H,11H2. The average Bonchev–Trinajstić information content (AvgIpc) is 2.98. The van der Waals surface area contributed by atoms with Gasteiger partial charge in [-0.3, -0.25) is 4.79 Å². The monoisotopic (exact) mass is 492 g/mol. The van der Waals surface area contributed by atoms with Gasteiger partial charge in [-0.1, -0.05) is 84.9 Å².